The Morgan fingerprint density at radius 1 is 1.04 bits per heavy atom. The molecule has 24 heavy (non-hydrogen) atoms. The Hall–Kier alpha value is -2.41. The number of nitrogens with zero attached hydrogens (tertiary/aromatic N) is 1. The summed E-state index contributed by atoms with van der Waals surface area (Å²) in [4.78, 5) is 0. The summed E-state index contributed by atoms with van der Waals surface area (Å²) >= 11 is 5.12. The van der Waals surface area contributed by atoms with Gasteiger partial charge in [0.1, 0.15) is 0 Å². The van der Waals surface area contributed by atoms with E-state index in [-0.39, 0.29) is 10.7 Å². The summed E-state index contributed by atoms with van der Waals surface area (Å²) < 4.78 is 38.7. The van der Waals surface area contributed by atoms with E-state index in [2.05, 4.69) is 15.8 Å². The number of alkyl halides is 3. The zero-order chi connectivity index (χ0) is 17.7. The zero-order valence-electron chi connectivity index (χ0n) is 13.1. The van der Waals surface area contributed by atoms with Gasteiger partial charge in [0, 0.05) is 11.3 Å². The number of anilines is 1. The van der Waals surface area contributed by atoms with Gasteiger partial charge in [-0.2, -0.15) is 18.3 Å². The number of thiocarbonyl (C=S) groups is 1. The minimum atomic E-state index is -4.43. The molecular weight excluding hydrogens is 335 g/mol. The summed E-state index contributed by atoms with van der Waals surface area (Å²) in [5.74, 6) is 0. The molecule has 0 aliphatic heterocycles. The van der Waals surface area contributed by atoms with Crippen LogP contribution in [0, 0.1) is 13.8 Å². The molecule has 2 rings (SSSR count). The Labute approximate surface area is 143 Å². The summed E-state index contributed by atoms with van der Waals surface area (Å²) in [6.07, 6.45) is -3.33. The molecule has 0 heterocycles. The average molecular weight is 351 g/mol. The summed E-state index contributed by atoms with van der Waals surface area (Å²) in [6, 6.07) is 11.0. The average Bonchev–Trinajstić information content (AvgIpc) is 2.50. The lowest BCUT2D eigenvalue weighted by molar-refractivity contribution is -0.137. The fourth-order valence-corrected chi connectivity index (χ4v) is 2.34. The fraction of sp³-hybridized carbons (Fsp3) is 0.176. The quantitative estimate of drug-likeness (QED) is 0.480. The van der Waals surface area contributed by atoms with Crippen molar-refractivity contribution in [2.24, 2.45) is 5.10 Å². The topological polar surface area (TPSA) is 36.4 Å². The lowest BCUT2D eigenvalue weighted by Crippen LogP contribution is -2.25. The van der Waals surface area contributed by atoms with Gasteiger partial charge < -0.3 is 5.32 Å². The van der Waals surface area contributed by atoms with E-state index in [0.717, 1.165) is 29.1 Å². The molecule has 0 aliphatic carbocycles. The van der Waals surface area contributed by atoms with Gasteiger partial charge in [0.15, 0.2) is 5.11 Å². The van der Waals surface area contributed by atoms with Crippen molar-refractivity contribution in [2.75, 3.05) is 5.32 Å². The normalized spacial score (nSPS) is 11.5. The molecule has 0 unspecified atom stereocenters. The van der Waals surface area contributed by atoms with Gasteiger partial charge in [-0.15, -0.1) is 0 Å². The minimum Gasteiger partial charge on any atom is -0.331 e. The first-order valence-corrected chi connectivity index (χ1v) is 7.52. The Balaban J connectivity index is 2.06. The van der Waals surface area contributed by atoms with Crippen molar-refractivity contribution >= 4 is 29.2 Å². The van der Waals surface area contributed by atoms with Gasteiger partial charge in [0.2, 0.25) is 0 Å². The number of nitrogens with one attached hydrogen (secondary N) is 2. The molecule has 0 bridgehead atoms. The van der Waals surface area contributed by atoms with E-state index in [0.29, 0.717) is 0 Å². The van der Waals surface area contributed by atoms with Crippen molar-refractivity contribution in [3.63, 3.8) is 0 Å². The van der Waals surface area contributed by atoms with Crippen LogP contribution in [0.25, 0.3) is 0 Å². The molecule has 2 aromatic carbocycles. The first kappa shape index (κ1) is 17.9. The number of halogens is 3. The number of hydrogen-bond acceptors (Lipinski definition) is 2. The maximum Gasteiger partial charge on any atom is 0.417 e. The molecule has 2 aromatic rings. The number of rotatable bonds is 3. The molecule has 2 N–H and O–H groups in total. The van der Waals surface area contributed by atoms with E-state index in [1.165, 1.54) is 18.2 Å². The number of hydrazone groups is 1. The first-order chi connectivity index (χ1) is 11.3. The van der Waals surface area contributed by atoms with Crippen LogP contribution in [-0.2, 0) is 6.18 Å². The number of aryl methyl sites for hydroxylation is 2. The SMILES string of the molecule is Cc1cccc(C)c1NC(=S)N/N=C/c1ccccc1C(F)(F)F. The van der Waals surface area contributed by atoms with Gasteiger partial charge in [-0.25, -0.2) is 0 Å². The standard InChI is InChI=1S/C17H16F3N3S/c1-11-6-5-7-12(2)15(11)22-16(24)23-21-10-13-8-3-4-9-14(13)17(18,19)20/h3-10H,1-2H3,(H2,22,23,24)/b21-10+. The molecule has 126 valence electrons. The van der Waals surface area contributed by atoms with Gasteiger partial charge in [0.25, 0.3) is 0 Å². The Morgan fingerprint density at radius 3 is 2.29 bits per heavy atom. The summed E-state index contributed by atoms with van der Waals surface area (Å²) in [5.41, 5.74) is 4.61. The van der Waals surface area contributed by atoms with Crippen LogP contribution in [0.5, 0.6) is 0 Å². The van der Waals surface area contributed by atoms with Crippen LogP contribution in [0.3, 0.4) is 0 Å². The van der Waals surface area contributed by atoms with E-state index in [1.54, 1.807) is 0 Å². The second-order valence-corrected chi connectivity index (χ2v) is 5.58. The van der Waals surface area contributed by atoms with Crippen molar-refractivity contribution in [1.29, 1.82) is 0 Å². The molecule has 0 aliphatic rings. The minimum absolute atomic E-state index is 0.0348. The van der Waals surface area contributed by atoms with Gasteiger partial charge in [-0.05, 0) is 43.3 Å². The predicted molar refractivity (Wildman–Crippen MR) is 94.3 cm³/mol. The highest BCUT2D eigenvalue weighted by atomic mass is 32.1. The van der Waals surface area contributed by atoms with E-state index >= 15 is 0 Å². The number of benzene rings is 2. The van der Waals surface area contributed by atoms with E-state index in [1.807, 2.05) is 32.0 Å². The van der Waals surface area contributed by atoms with Gasteiger partial charge in [-0.1, -0.05) is 36.4 Å². The van der Waals surface area contributed by atoms with E-state index in [4.69, 9.17) is 12.2 Å². The Kier molecular flexibility index (Phi) is 5.56. The second-order valence-electron chi connectivity index (χ2n) is 5.18. The van der Waals surface area contributed by atoms with Crippen molar-refractivity contribution in [3.8, 4) is 0 Å². The predicted octanol–water partition coefficient (Wildman–Crippen LogP) is 4.64. The van der Waals surface area contributed by atoms with Crippen LogP contribution in [0.2, 0.25) is 0 Å². The van der Waals surface area contributed by atoms with E-state index in [9.17, 15) is 13.2 Å². The summed E-state index contributed by atoms with van der Waals surface area (Å²) in [7, 11) is 0. The molecule has 0 amide bonds. The van der Waals surface area contributed by atoms with Gasteiger partial charge >= 0.3 is 6.18 Å². The second kappa shape index (κ2) is 7.44. The van der Waals surface area contributed by atoms with Crippen molar-refractivity contribution < 1.29 is 13.2 Å². The molecule has 7 heteroatoms. The third-order valence-corrected chi connectivity index (χ3v) is 3.55. The molecule has 0 spiro atoms. The van der Waals surface area contributed by atoms with Gasteiger partial charge in [0.05, 0.1) is 11.8 Å². The smallest absolute Gasteiger partial charge is 0.331 e. The van der Waals surface area contributed by atoms with Crippen molar-refractivity contribution in [1.82, 2.24) is 5.43 Å². The molecule has 3 nitrogen and oxygen atoms in total. The molecule has 0 saturated heterocycles. The van der Waals surface area contributed by atoms with Crippen LogP contribution >= 0.6 is 12.2 Å². The molecule has 0 saturated carbocycles. The molecule has 0 aromatic heterocycles. The van der Waals surface area contributed by atoms with E-state index < -0.39 is 11.7 Å². The zero-order valence-corrected chi connectivity index (χ0v) is 13.9. The highest BCUT2D eigenvalue weighted by molar-refractivity contribution is 7.80. The highest BCUT2D eigenvalue weighted by Crippen LogP contribution is 2.31. The van der Waals surface area contributed by atoms with Crippen LogP contribution in [0.1, 0.15) is 22.3 Å². The Morgan fingerprint density at radius 2 is 1.67 bits per heavy atom. The lowest BCUT2D eigenvalue weighted by Gasteiger charge is -2.13. The number of hydrogen-bond donors (Lipinski definition) is 2. The van der Waals surface area contributed by atoms with Crippen LogP contribution in [-0.4, -0.2) is 11.3 Å². The molecule has 0 fully saturated rings. The highest BCUT2D eigenvalue weighted by Gasteiger charge is 2.32. The Bertz CT molecular complexity index is 750. The maximum atomic E-state index is 12.9. The largest absolute Gasteiger partial charge is 0.417 e. The van der Waals surface area contributed by atoms with Crippen molar-refractivity contribution in [2.45, 2.75) is 20.0 Å². The summed E-state index contributed by atoms with van der Waals surface area (Å²) in [5, 5.41) is 6.99. The monoisotopic (exact) mass is 351 g/mol. The fourth-order valence-electron chi connectivity index (χ4n) is 2.18. The number of para-hydroxylation sites is 1. The summed E-state index contributed by atoms with van der Waals surface area (Å²) in [6.45, 7) is 3.86. The molecule has 0 atom stereocenters. The third kappa shape index (κ3) is 4.55. The molecular formula is C17H16F3N3S. The first-order valence-electron chi connectivity index (χ1n) is 7.11. The lowest BCUT2D eigenvalue weighted by atomic mass is 10.1. The van der Waals surface area contributed by atoms with Crippen LogP contribution < -0.4 is 10.7 Å². The van der Waals surface area contributed by atoms with Crippen LogP contribution in [0.15, 0.2) is 47.6 Å². The van der Waals surface area contributed by atoms with Gasteiger partial charge in [-0.3, -0.25) is 5.43 Å². The maximum absolute atomic E-state index is 12.9. The molecule has 0 radical (unpaired) electrons. The van der Waals surface area contributed by atoms with Crippen LogP contribution in [0.4, 0.5) is 18.9 Å². The third-order valence-electron chi connectivity index (χ3n) is 3.36. The van der Waals surface area contributed by atoms with Crippen molar-refractivity contribution in [3.05, 3.63) is 64.7 Å².